The number of hydrogen-bond acceptors (Lipinski definition) is 6. The van der Waals surface area contributed by atoms with Gasteiger partial charge in [-0.2, -0.15) is 4.98 Å². The van der Waals surface area contributed by atoms with Crippen molar-refractivity contribution in [2.24, 2.45) is 0 Å². The van der Waals surface area contributed by atoms with E-state index < -0.39 is 0 Å². The molecule has 0 radical (unpaired) electrons. The molecule has 2 heterocycles. The van der Waals surface area contributed by atoms with Gasteiger partial charge in [0.25, 0.3) is 5.91 Å². The molecule has 2 aromatic carbocycles. The number of nitrogens with zero attached hydrogens (tertiary/aromatic N) is 4. The second-order valence-electron chi connectivity index (χ2n) is 7.35. The van der Waals surface area contributed by atoms with Crippen LogP contribution in [0.25, 0.3) is 22.6 Å². The standard InChI is InChI=1S/C23H21ClN4O3/c1-14(2)28(13-19-25-22(27-31-19)16-9-5-4-6-10-16)23(29)20-15(3)30-26-21(20)17-11-7-8-12-18(17)24/h4-12,14H,13H2,1-3H3. The van der Waals surface area contributed by atoms with Gasteiger partial charge in [0, 0.05) is 17.2 Å². The van der Waals surface area contributed by atoms with E-state index in [0.29, 0.717) is 39.3 Å². The fraction of sp³-hybridized carbons (Fsp3) is 0.217. The number of rotatable bonds is 6. The lowest BCUT2D eigenvalue weighted by atomic mass is 10.0. The molecule has 0 bridgehead atoms. The molecule has 0 saturated carbocycles. The van der Waals surface area contributed by atoms with Gasteiger partial charge in [0.15, 0.2) is 0 Å². The van der Waals surface area contributed by atoms with Crippen LogP contribution in [-0.4, -0.2) is 32.1 Å². The number of carbonyl (C=O) groups excluding carboxylic acids is 1. The molecule has 2 aromatic heterocycles. The maximum absolute atomic E-state index is 13.5. The first-order valence-corrected chi connectivity index (χ1v) is 10.2. The molecule has 31 heavy (non-hydrogen) atoms. The summed E-state index contributed by atoms with van der Waals surface area (Å²) in [5.74, 6) is 0.989. The molecule has 0 aliphatic heterocycles. The Morgan fingerprint density at radius 3 is 2.45 bits per heavy atom. The third kappa shape index (κ3) is 4.22. The fourth-order valence-electron chi connectivity index (χ4n) is 3.26. The van der Waals surface area contributed by atoms with E-state index in [9.17, 15) is 4.79 Å². The molecular weight excluding hydrogens is 416 g/mol. The molecule has 158 valence electrons. The maximum Gasteiger partial charge on any atom is 0.260 e. The number of aryl methyl sites for hydroxylation is 1. The van der Waals surface area contributed by atoms with E-state index in [2.05, 4.69) is 15.3 Å². The summed E-state index contributed by atoms with van der Waals surface area (Å²) in [5.41, 5.74) is 2.26. The minimum absolute atomic E-state index is 0.132. The molecule has 0 spiro atoms. The molecule has 0 saturated heterocycles. The minimum atomic E-state index is -0.247. The summed E-state index contributed by atoms with van der Waals surface area (Å²) in [5, 5.41) is 8.64. The number of hydrogen-bond donors (Lipinski definition) is 0. The number of amides is 1. The average molecular weight is 437 g/mol. The van der Waals surface area contributed by atoms with Gasteiger partial charge in [-0.25, -0.2) is 0 Å². The highest BCUT2D eigenvalue weighted by molar-refractivity contribution is 6.33. The van der Waals surface area contributed by atoms with Gasteiger partial charge in [-0.3, -0.25) is 4.79 Å². The molecule has 0 atom stereocenters. The normalized spacial score (nSPS) is 11.1. The Hall–Kier alpha value is -3.45. The second kappa shape index (κ2) is 8.73. The Bertz CT molecular complexity index is 1200. The third-order valence-corrected chi connectivity index (χ3v) is 5.23. The first kappa shape index (κ1) is 20.8. The molecule has 7 nitrogen and oxygen atoms in total. The van der Waals surface area contributed by atoms with Gasteiger partial charge < -0.3 is 13.9 Å². The zero-order valence-corrected chi connectivity index (χ0v) is 18.1. The minimum Gasteiger partial charge on any atom is -0.360 e. The molecule has 1 amide bonds. The van der Waals surface area contributed by atoms with Crippen LogP contribution in [0, 0.1) is 6.92 Å². The first-order valence-electron chi connectivity index (χ1n) is 9.86. The van der Waals surface area contributed by atoms with Gasteiger partial charge in [0.2, 0.25) is 11.7 Å². The van der Waals surface area contributed by atoms with Crippen molar-refractivity contribution in [1.82, 2.24) is 20.2 Å². The number of benzene rings is 2. The second-order valence-corrected chi connectivity index (χ2v) is 7.75. The lowest BCUT2D eigenvalue weighted by Gasteiger charge is -2.25. The smallest absolute Gasteiger partial charge is 0.260 e. The van der Waals surface area contributed by atoms with E-state index in [1.54, 1.807) is 24.0 Å². The summed E-state index contributed by atoms with van der Waals surface area (Å²) >= 11 is 6.34. The van der Waals surface area contributed by atoms with Gasteiger partial charge in [-0.1, -0.05) is 70.4 Å². The zero-order chi connectivity index (χ0) is 22.0. The maximum atomic E-state index is 13.5. The van der Waals surface area contributed by atoms with Crippen LogP contribution in [0.4, 0.5) is 0 Å². The predicted molar refractivity (Wildman–Crippen MR) is 116 cm³/mol. The Kier molecular flexibility index (Phi) is 5.86. The average Bonchev–Trinajstić information content (AvgIpc) is 3.39. The predicted octanol–water partition coefficient (Wildman–Crippen LogP) is 5.40. The van der Waals surface area contributed by atoms with Crippen molar-refractivity contribution in [3.63, 3.8) is 0 Å². The fourth-order valence-corrected chi connectivity index (χ4v) is 3.49. The Morgan fingerprint density at radius 1 is 1.03 bits per heavy atom. The van der Waals surface area contributed by atoms with Crippen molar-refractivity contribution in [3.05, 3.63) is 76.8 Å². The molecule has 4 rings (SSSR count). The van der Waals surface area contributed by atoms with Crippen molar-refractivity contribution in [2.45, 2.75) is 33.4 Å². The molecule has 0 fully saturated rings. The zero-order valence-electron chi connectivity index (χ0n) is 17.4. The van der Waals surface area contributed by atoms with Crippen molar-refractivity contribution in [2.75, 3.05) is 0 Å². The summed E-state index contributed by atoms with van der Waals surface area (Å²) in [6, 6.07) is 16.6. The summed E-state index contributed by atoms with van der Waals surface area (Å²) in [4.78, 5) is 19.6. The van der Waals surface area contributed by atoms with Gasteiger partial charge in [-0.05, 0) is 26.8 Å². The summed E-state index contributed by atoms with van der Waals surface area (Å²) < 4.78 is 10.8. The lowest BCUT2D eigenvalue weighted by Crippen LogP contribution is -2.37. The van der Waals surface area contributed by atoms with Gasteiger partial charge in [-0.15, -0.1) is 0 Å². The summed E-state index contributed by atoms with van der Waals surface area (Å²) in [7, 11) is 0. The van der Waals surface area contributed by atoms with Crippen molar-refractivity contribution in [3.8, 4) is 22.6 Å². The van der Waals surface area contributed by atoms with E-state index in [-0.39, 0.29) is 18.5 Å². The monoisotopic (exact) mass is 436 g/mol. The third-order valence-electron chi connectivity index (χ3n) is 4.90. The Labute approximate surface area is 184 Å². The molecular formula is C23H21ClN4O3. The van der Waals surface area contributed by atoms with Crippen LogP contribution >= 0.6 is 11.6 Å². The van der Waals surface area contributed by atoms with Gasteiger partial charge in [0.05, 0.1) is 5.02 Å². The topological polar surface area (TPSA) is 85.3 Å². The molecule has 0 unspecified atom stereocenters. The van der Waals surface area contributed by atoms with Gasteiger partial charge in [0.1, 0.15) is 23.6 Å². The highest BCUT2D eigenvalue weighted by atomic mass is 35.5. The van der Waals surface area contributed by atoms with E-state index in [1.165, 1.54) is 0 Å². The van der Waals surface area contributed by atoms with Crippen LogP contribution in [0.3, 0.4) is 0 Å². The number of aromatic nitrogens is 3. The molecule has 0 aliphatic carbocycles. The highest BCUT2D eigenvalue weighted by Crippen LogP contribution is 2.32. The summed E-state index contributed by atoms with van der Waals surface area (Å²) in [6.45, 7) is 5.71. The van der Waals surface area contributed by atoms with E-state index in [4.69, 9.17) is 20.6 Å². The Balaban J connectivity index is 1.65. The SMILES string of the molecule is Cc1onc(-c2ccccc2Cl)c1C(=O)N(Cc1nc(-c2ccccc2)no1)C(C)C. The van der Waals surface area contributed by atoms with Crippen LogP contribution in [-0.2, 0) is 6.54 Å². The molecule has 8 heteroatoms. The number of halogens is 1. The first-order chi connectivity index (χ1) is 15.0. The van der Waals surface area contributed by atoms with Crippen LogP contribution < -0.4 is 0 Å². The highest BCUT2D eigenvalue weighted by Gasteiger charge is 2.29. The largest absolute Gasteiger partial charge is 0.360 e. The van der Waals surface area contributed by atoms with Crippen LogP contribution in [0.2, 0.25) is 5.02 Å². The van der Waals surface area contributed by atoms with E-state index in [1.807, 2.05) is 56.3 Å². The van der Waals surface area contributed by atoms with Crippen molar-refractivity contribution >= 4 is 17.5 Å². The summed E-state index contributed by atoms with van der Waals surface area (Å²) in [6.07, 6.45) is 0. The van der Waals surface area contributed by atoms with Crippen molar-refractivity contribution < 1.29 is 13.8 Å². The molecule has 0 N–H and O–H groups in total. The van der Waals surface area contributed by atoms with Crippen LogP contribution in [0.1, 0.15) is 35.9 Å². The van der Waals surface area contributed by atoms with Crippen LogP contribution in [0.5, 0.6) is 0 Å². The van der Waals surface area contributed by atoms with Crippen molar-refractivity contribution in [1.29, 1.82) is 0 Å². The molecule has 0 aliphatic rings. The lowest BCUT2D eigenvalue weighted by molar-refractivity contribution is 0.0666. The quantitative estimate of drug-likeness (QED) is 0.402. The van der Waals surface area contributed by atoms with Crippen LogP contribution in [0.15, 0.2) is 63.6 Å². The Morgan fingerprint density at radius 2 is 1.74 bits per heavy atom. The molecule has 4 aromatic rings. The number of carbonyl (C=O) groups is 1. The van der Waals surface area contributed by atoms with E-state index in [0.717, 1.165) is 5.56 Å². The van der Waals surface area contributed by atoms with E-state index >= 15 is 0 Å². The van der Waals surface area contributed by atoms with Gasteiger partial charge >= 0.3 is 0 Å².